The van der Waals surface area contributed by atoms with E-state index in [1.54, 1.807) is 18.7 Å². The molecule has 4 amide bonds. The number of nitrogens with zero attached hydrogens (tertiary/aromatic N) is 2. The van der Waals surface area contributed by atoms with Gasteiger partial charge in [0.1, 0.15) is 5.54 Å². The molecule has 0 spiro atoms. The molecule has 1 atom stereocenters. The van der Waals surface area contributed by atoms with Crippen LogP contribution in [0, 0.1) is 0 Å². The van der Waals surface area contributed by atoms with Gasteiger partial charge in [-0.1, -0.05) is 0 Å². The van der Waals surface area contributed by atoms with Crippen molar-refractivity contribution in [1.29, 1.82) is 0 Å². The summed E-state index contributed by atoms with van der Waals surface area (Å²) in [5.74, 6) is -0.442. The number of rotatable bonds is 3. The molecule has 20 heavy (non-hydrogen) atoms. The van der Waals surface area contributed by atoms with Crippen LogP contribution in [0.1, 0.15) is 33.1 Å². The highest BCUT2D eigenvalue weighted by atomic mass is 16.3. The molecule has 112 valence electrons. The Morgan fingerprint density at radius 1 is 1.45 bits per heavy atom. The van der Waals surface area contributed by atoms with Gasteiger partial charge in [-0.2, -0.15) is 0 Å². The third-order valence-electron chi connectivity index (χ3n) is 3.74. The summed E-state index contributed by atoms with van der Waals surface area (Å²) in [6, 6.07) is -0.452. The maximum atomic E-state index is 12.0. The third kappa shape index (κ3) is 2.92. The molecule has 0 aromatic rings. The van der Waals surface area contributed by atoms with Crippen LogP contribution in [0.3, 0.4) is 0 Å². The van der Waals surface area contributed by atoms with Gasteiger partial charge in [0.25, 0.3) is 5.91 Å². The van der Waals surface area contributed by atoms with Crippen molar-refractivity contribution in [2.75, 3.05) is 19.6 Å². The van der Waals surface area contributed by atoms with Crippen LogP contribution in [0.4, 0.5) is 4.79 Å². The minimum absolute atomic E-state index is 0.0829. The number of β-amino-alcohol motifs (C(OH)–C–C–N with tert-alkyl or cyclic N) is 1. The fraction of sp³-hybridized carbons (Fsp3) is 0.769. The zero-order valence-electron chi connectivity index (χ0n) is 11.9. The largest absolute Gasteiger partial charge is 0.391 e. The minimum atomic E-state index is -0.901. The minimum Gasteiger partial charge on any atom is -0.391 e. The van der Waals surface area contributed by atoms with Crippen molar-refractivity contribution in [3.63, 3.8) is 0 Å². The molecule has 0 aromatic carbocycles. The van der Waals surface area contributed by atoms with E-state index in [0.29, 0.717) is 19.5 Å². The summed E-state index contributed by atoms with van der Waals surface area (Å²) in [5.41, 5.74) is -0.901. The molecule has 2 fully saturated rings. The van der Waals surface area contributed by atoms with E-state index in [9.17, 15) is 19.5 Å². The fourth-order valence-electron chi connectivity index (χ4n) is 2.57. The van der Waals surface area contributed by atoms with Gasteiger partial charge in [-0.25, -0.2) is 4.79 Å². The maximum absolute atomic E-state index is 12.0. The monoisotopic (exact) mass is 283 g/mol. The fourth-order valence-corrected chi connectivity index (χ4v) is 2.57. The Balaban J connectivity index is 1.87. The molecule has 0 radical (unpaired) electrons. The van der Waals surface area contributed by atoms with Gasteiger partial charge < -0.3 is 15.3 Å². The molecular weight excluding hydrogens is 262 g/mol. The summed E-state index contributed by atoms with van der Waals surface area (Å²) in [7, 11) is 0. The number of hydrogen-bond acceptors (Lipinski definition) is 4. The molecule has 7 nitrogen and oxygen atoms in total. The Kier molecular flexibility index (Phi) is 3.99. The van der Waals surface area contributed by atoms with Crippen LogP contribution in [0.5, 0.6) is 0 Å². The van der Waals surface area contributed by atoms with Crippen molar-refractivity contribution >= 4 is 17.8 Å². The lowest BCUT2D eigenvalue weighted by molar-refractivity contribution is -0.135. The molecule has 0 aromatic heterocycles. The van der Waals surface area contributed by atoms with E-state index < -0.39 is 17.7 Å². The summed E-state index contributed by atoms with van der Waals surface area (Å²) in [4.78, 5) is 38.3. The number of urea groups is 1. The van der Waals surface area contributed by atoms with Crippen LogP contribution in [-0.4, -0.2) is 64.0 Å². The highest BCUT2D eigenvalue weighted by Crippen LogP contribution is 2.17. The van der Waals surface area contributed by atoms with Crippen molar-refractivity contribution in [2.45, 2.75) is 44.8 Å². The van der Waals surface area contributed by atoms with E-state index in [4.69, 9.17) is 0 Å². The Hall–Kier alpha value is -1.63. The normalized spacial score (nSPS) is 25.9. The Labute approximate surface area is 117 Å². The van der Waals surface area contributed by atoms with Crippen molar-refractivity contribution in [1.82, 2.24) is 15.1 Å². The quantitative estimate of drug-likeness (QED) is 0.695. The Bertz CT molecular complexity index is 435. The van der Waals surface area contributed by atoms with Crippen LogP contribution in [0.15, 0.2) is 0 Å². The zero-order valence-corrected chi connectivity index (χ0v) is 11.9. The second-order valence-electron chi connectivity index (χ2n) is 5.90. The van der Waals surface area contributed by atoms with E-state index in [-0.39, 0.29) is 24.8 Å². The first-order chi connectivity index (χ1) is 9.31. The summed E-state index contributed by atoms with van der Waals surface area (Å²) >= 11 is 0. The standard InChI is InChI=1S/C13H21N3O4/c1-13(2)11(19)16(12(20)14-13)7-5-10(18)15-6-3-4-9(17)8-15/h9,17H,3-8H2,1-2H3,(H,14,20)/t9-/m0/s1. The van der Waals surface area contributed by atoms with E-state index in [1.807, 2.05) is 0 Å². The van der Waals surface area contributed by atoms with Crippen LogP contribution in [0.2, 0.25) is 0 Å². The average molecular weight is 283 g/mol. The lowest BCUT2D eigenvalue weighted by atomic mass is 10.1. The number of carbonyl (C=O) groups is 3. The average Bonchev–Trinajstić information content (AvgIpc) is 2.56. The Morgan fingerprint density at radius 3 is 2.70 bits per heavy atom. The van der Waals surface area contributed by atoms with E-state index in [2.05, 4.69) is 5.32 Å². The number of likely N-dealkylation sites (tertiary alicyclic amines) is 1. The summed E-state index contributed by atoms with van der Waals surface area (Å²) < 4.78 is 0. The SMILES string of the molecule is CC1(C)NC(=O)N(CCC(=O)N2CCC[C@H](O)C2)C1=O. The topological polar surface area (TPSA) is 90.0 Å². The first-order valence-corrected chi connectivity index (χ1v) is 6.91. The number of carbonyl (C=O) groups excluding carboxylic acids is 3. The number of aliphatic hydroxyl groups is 1. The molecule has 2 saturated heterocycles. The van der Waals surface area contributed by atoms with E-state index in [0.717, 1.165) is 11.3 Å². The third-order valence-corrected chi connectivity index (χ3v) is 3.74. The zero-order chi connectivity index (χ0) is 14.9. The molecule has 2 aliphatic heterocycles. The van der Waals surface area contributed by atoms with Gasteiger partial charge in [-0.3, -0.25) is 14.5 Å². The van der Waals surface area contributed by atoms with Crippen molar-refractivity contribution < 1.29 is 19.5 Å². The molecule has 7 heteroatoms. The van der Waals surface area contributed by atoms with Crippen molar-refractivity contribution in [2.24, 2.45) is 0 Å². The smallest absolute Gasteiger partial charge is 0.325 e. The lowest BCUT2D eigenvalue weighted by Crippen LogP contribution is -2.44. The number of hydrogen-bond donors (Lipinski definition) is 2. The second-order valence-corrected chi connectivity index (χ2v) is 5.90. The number of amides is 4. The van der Waals surface area contributed by atoms with Crippen LogP contribution in [0.25, 0.3) is 0 Å². The first kappa shape index (κ1) is 14.8. The van der Waals surface area contributed by atoms with Gasteiger partial charge in [0, 0.05) is 26.1 Å². The molecular formula is C13H21N3O4. The Morgan fingerprint density at radius 2 is 2.15 bits per heavy atom. The summed E-state index contributed by atoms with van der Waals surface area (Å²) in [6.45, 7) is 4.32. The molecule has 2 heterocycles. The number of piperidine rings is 1. The van der Waals surface area contributed by atoms with Gasteiger partial charge in [-0.15, -0.1) is 0 Å². The second kappa shape index (κ2) is 5.40. The number of aliphatic hydroxyl groups excluding tert-OH is 1. The molecule has 0 unspecified atom stereocenters. The molecule has 2 N–H and O–H groups in total. The van der Waals surface area contributed by atoms with Crippen LogP contribution in [-0.2, 0) is 9.59 Å². The van der Waals surface area contributed by atoms with Gasteiger partial charge in [0.05, 0.1) is 6.10 Å². The van der Waals surface area contributed by atoms with Gasteiger partial charge in [0.2, 0.25) is 5.91 Å². The lowest BCUT2D eigenvalue weighted by Gasteiger charge is -2.30. The molecule has 0 saturated carbocycles. The van der Waals surface area contributed by atoms with Gasteiger partial charge in [-0.05, 0) is 26.7 Å². The van der Waals surface area contributed by atoms with Crippen LogP contribution >= 0.6 is 0 Å². The molecule has 0 aliphatic carbocycles. The summed E-state index contributed by atoms with van der Waals surface area (Å²) in [6.07, 6.45) is 1.12. The van der Waals surface area contributed by atoms with Gasteiger partial charge in [0.15, 0.2) is 0 Å². The number of nitrogens with one attached hydrogen (secondary N) is 1. The van der Waals surface area contributed by atoms with Crippen molar-refractivity contribution in [3.05, 3.63) is 0 Å². The first-order valence-electron chi connectivity index (χ1n) is 6.91. The molecule has 0 bridgehead atoms. The predicted molar refractivity (Wildman–Crippen MR) is 70.8 cm³/mol. The highest BCUT2D eigenvalue weighted by molar-refractivity contribution is 6.06. The number of imide groups is 1. The predicted octanol–water partition coefficient (Wildman–Crippen LogP) is -0.310. The van der Waals surface area contributed by atoms with Gasteiger partial charge >= 0.3 is 6.03 Å². The van der Waals surface area contributed by atoms with Crippen molar-refractivity contribution in [3.8, 4) is 0 Å². The van der Waals surface area contributed by atoms with E-state index in [1.165, 1.54) is 0 Å². The van der Waals surface area contributed by atoms with Crippen LogP contribution < -0.4 is 5.32 Å². The molecule has 2 aliphatic rings. The highest BCUT2D eigenvalue weighted by Gasteiger charge is 2.44. The van der Waals surface area contributed by atoms with E-state index >= 15 is 0 Å². The maximum Gasteiger partial charge on any atom is 0.325 e. The summed E-state index contributed by atoms with van der Waals surface area (Å²) in [5, 5.41) is 12.1. The molecule has 2 rings (SSSR count).